The molecule has 0 aromatic heterocycles. The van der Waals surface area contributed by atoms with Crippen LogP contribution in [0.3, 0.4) is 0 Å². The van der Waals surface area contributed by atoms with Crippen molar-refractivity contribution in [1.29, 1.82) is 5.26 Å². The van der Waals surface area contributed by atoms with E-state index in [1.807, 2.05) is 6.07 Å². The second-order valence-corrected chi connectivity index (χ2v) is 3.25. The van der Waals surface area contributed by atoms with Gasteiger partial charge in [0.2, 0.25) is 0 Å². The molecule has 4 heteroatoms. The second kappa shape index (κ2) is 4.21. The highest BCUT2D eigenvalue weighted by molar-refractivity contribution is 6.31. The van der Waals surface area contributed by atoms with E-state index < -0.39 is 11.7 Å². The van der Waals surface area contributed by atoms with Gasteiger partial charge in [-0.15, -0.1) is 0 Å². The Bertz CT molecular complexity index is 411. The van der Waals surface area contributed by atoms with E-state index in [1.54, 1.807) is 0 Å². The molecule has 0 N–H and O–H groups in total. The third-order valence-electron chi connectivity index (χ3n) is 1.81. The molecule has 0 bridgehead atoms. The maximum absolute atomic E-state index is 12.7. The summed E-state index contributed by atoms with van der Waals surface area (Å²) in [6.45, 7) is 1.30. The van der Waals surface area contributed by atoms with Crippen LogP contribution in [0.25, 0.3) is 0 Å². The normalized spacial score (nSPS) is 11.9. The van der Waals surface area contributed by atoms with E-state index in [1.165, 1.54) is 19.1 Å². The molecular formula is C10H7ClFNO. The third kappa shape index (κ3) is 2.09. The molecule has 0 radical (unpaired) electrons. The number of carbonyl (C=O) groups excluding carboxylic acids is 1. The molecule has 72 valence electrons. The monoisotopic (exact) mass is 211 g/mol. The number of Topliss-reactive ketones (excluding diaryl/α,β-unsaturated/α-hetero) is 1. The molecule has 0 fully saturated rings. The zero-order valence-electron chi connectivity index (χ0n) is 7.42. The van der Waals surface area contributed by atoms with Gasteiger partial charge in [-0.25, -0.2) is 4.39 Å². The Morgan fingerprint density at radius 3 is 2.71 bits per heavy atom. The molecule has 1 rings (SSSR count). The highest BCUT2D eigenvalue weighted by Gasteiger charge is 2.18. The van der Waals surface area contributed by atoms with Crippen molar-refractivity contribution >= 4 is 17.4 Å². The number of nitriles is 1. The fourth-order valence-electron chi connectivity index (χ4n) is 1.12. The minimum Gasteiger partial charge on any atom is -0.298 e. The number of hydrogen-bond donors (Lipinski definition) is 0. The van der Waals surface area contributed by atoms with Gasteiger partial charge in [0, 0.05) is 5.02 Å². The first-order chi connectivity index (χ1) is 6.56. The van der Waals surface area contributed by atoms with Crippen LogP contribution in [0, 0.1) is 17.1 Å². The molecule has 1 atom stereocenters. The highest BCUT2D eigenvalue weighted by atomic mass is 35.5. The first-order valence-electron chi connectivity index (χ1n) is 3.91. The van der Waals surface area contributed by atoms with E-state index in [0.717, 1.165) is 6.07 Å². The standard InChI is InChI=1S/C10H7ClFNO/c1-6(14)9(5-13)8-3-2-7(12)4-10(8)11/h2-4,9H,1H3. The zero-order valence-corrected chi connectivity index (χ0v) is 8.18. The molecule has 0 aliphatic carbocycles. The molecule has 1 aromatic carbocycles. The zero-order chi connectivity index (χ0) is 10.7. The van der Waals surface area contributed by atoms with Gasteiger partial charge in [0.1, 0.15) is 11.7 Å². The van der Waals surface area contributed by atoms with Crippen LogP contribution in [-0.4, -0.2) is 5.78 Å². The van der Waals surface area contributed by atoms with Gasteiger partial charge >= 0.3 is 0 Å². The molecule has 0 saturated heterocycles. The molecule has 0 amide bonds. The summed E-state index contributed by atoms with van der Waals surface area (Å²) in [5, 5.41) is 8.82. The molecule has 1 aromatic rings. The fourth-order valence-corrected chi connectivity index (χ4v) is 1.39. The van der Waals surface area contributed by atoms with E-state index in [0.29, 0.717) is 5.56 Å². The molecule has 0 heterocycles. The van der Waals surface area contributed by atoms with E-state index in [4.69, 9.17) is 16.9 Å². The Labute approximate surface area is 85.9 Å². The van der Waals surface area contributed by atoms with Crippen molar-refractivity contribution in [1.82, 2.24) is 0 Å². The number of ketones is 1. The van der Waals surface area contributed by atoms with Crippen LogP contribution in [0.5, 0.6) is 0 Å². The molecule has 1 unspecified atom stereocenters. The minimum atomic E-state index is -0.914. The first kappa shape index (κ1) is 10.7. The number of benzene rings is 1. The van der Waals surface area contributed by atoms with E-state index in [-0.39, 0.29) is 10.8 Å². The maximum atomic E-state index is 12.7. The van der Waals surface area contributed by atoms with Crippen molar-refractivity contribution in [2.45, 2.75) is 12.8 Å². The summed E-state index contributed by atoms with van der Waals surface area (Å²) < 4.78 is 12.7. The van der Waals surface area contributed by atoms with Crippen LogP contribution in [0.1, 0.15) is 18.4 Å². The average molecular weight is 212 g/mol. The number of hydrogen-bond acceptors (Lipinski definition) is 2. The summed E-state index contributed by atoms with van der Waals surface area (Å²) >= 11 is 5.70. The van der Waals surface area contributed by atoms with Crippen molar-refractivity contribution < 1.29 is 9.18 Å². The number of nitrogens with zero attached hydrogens (tertiary/aromatic N) is 1. The Morgan fingerprint density at radius 1 is 1.64 bits per heavy atom. The Kier molecular flexibility index (Phi) is 3.21. The Morgan fingerprint density at radius 2 is 2.29 bits per heavy atom. The minimum absolute atomic E-state index is 0.103. The molecular weight excluding hydrogens is 205 g/mol. The van der Waals surface area contributed by atoms with Gasteiger partial charge in [0.05, 0.1) is 6.07 Å². The summed E-state index contributed by atoms with van der Waals surface area (Å²) in [6.07, 6.45) is 0. The number of carbonyl (C=O) groups is 1. The molecule has 0 aliphatic rings. The van der Waals surface area contributed by atoms with Gasteiger partial charge in [-0.1, -0.05) is 17.7 Å². The van der Waals surface area contributed by atoms with Crippen molar-refractivity contribution in [3.8, 4) is 6.07 Å². The number of rotatable bonds is 2. The van der Waals surface area contributed by atoms with Gasteiger partial charge in [-0.2, -0.15) is 5.26 Å². The van der Waals surface area contributed by atoms with Crippen molar-refractivity contribution in [3.05, 3.63) is 34.6 Å². The summed E-state index contributed by atoms with van der Waals surface area (Å²) in [5.41, 5.74) is 0.350. The van der Waals surface area contributed by atoms with Gasteiger partial charge in [0.25, 0.3) is 0 Å². The average Bonchev–Trinajstić information content (AvgIpc) is 2.09. The van der Waals surface area contributed by atoms with Gasteiger partial charge in [-0.05, 0) is 24.6 Å². The molecule has 0 aliphatic heterocycles. The number of halogens is 2. The topological polar surface area (TPSA) is 40.9 Å². The van der Waals surface area contributed by atoms with Crippen LogP contribution in [-0.2, 0) is 4.79 Å². The lowest BCUT2D eigenvalue weighted by atomic mass is 9.97. The SMILES string of the molecule is CC(=O)C(C#N)c1ccc(F)cc1Cl. The van der Waals surface area contributed by atoms with Crippen LogP contribution >= 0.6 is 11.6 Å². The van der Waals surface area contributed by atoms with Crippen LogP contribution in [0.2, 0.25) is 5.02 Å². The lowest BCUT2D eigenvalue weighted by Gasteiger charge is -2.07. The lowest BCUT2D eigenvalue weighted by Crippen LogP contribution is -2.06. The molecule has 14 heavy (non-hydrogen) atoms. The Hall–Kier alpha value is -1.40. The summed E-state index contributed by atoms with van der Waals surface area (Å²) in [7, 11) is 0. The predicted molar refractivity (Wildman–Crippen MR) is 50.4 cm³/mol. The first-order valence-corrected chi connectivity index (χ1v) is 4.29. The fraction of sp³-hybridized carbons (Fsp3) is 0.200. The molecule has 0 saturated carbocycles. The van der Waals surface area contributed by atoms with Crippen molar-refractivity contribution in [2.75, 3.05) is 0 Å². The smallest absolute Gasteiger partial charge is 0.151 e. The van der Waals surface area contributed by atoms with E-state index in [9.17, 15) is 9.18 Å². The second-order valence-electron chi connectivity index (χ2n) is 2.84. The van der Waals surface area contributed by atoms with Crippen LogP contribution in [0.4, 0.5) is 4.39 Å². The third-order valence-corrected chi connectivity index (χ3v) is 2.14. The summed E-state index contributed by atoms with van der Waals surface area (Å²) in [6, 6.07) is 5.44. The molecule has 0 spiro atoms. The molecule has 2 nitrogen and oxygen atoms in total. The van der Waals surface area contributed by atoms with Gasteiger partial charge in [-0.3, -0.25) is 4.79 Å². The summed E-state index contributed by atoms with van der Waals surface area (Å²) in [5.74, 6) is -1.71. The van der Waals surface area contributed by atoms with E-state index in [2.05, 4.69) is 0 Å². The van der Waals surface area contributed by atoms with Crippen LogP contribution in [0.15, 0.2) is 18.2 Å². The Balaban J connectivity index is 3.19. The predicted octanol–water partition coefficient (Wildman–Crippen LogP) is 2.68. The summed E-state index contributed by atoms with van der Waals surface area (Å²) in [4.78, 5) is 11.0. The quantitative estimate of drug-likeness (QED) is 0.755. The van der Waals surface area contributed by atoms with Gasteiger partial charge < -0.3 is 0 Å². The highest BCUT2D eigenvalue weighted by Crippen LogP contribution is 2.25. The van der Waals surface area contributed by atoms with Gasteiger partial charge in [0.15, 0.2) is 5.78 Å². The van der Waals surface area contributed by atoms with E-state index >= 15 is 0 Å². The van der Waals surface area contributed by atoms with Crippen LogP contribution < -0.4 is 0 Å². The van der Waals surface area contributed by atoms with Crippen molar-refractivity contribution in [3.63, 3.8) is 0 Å². The maximum Gasteiger partial charge on any atom is 0.151 e. The largest absolute Gasteiger partial charge is 0.298 e. The van der Waals surface area contributed by atoms with Crippen molar-refractivity contribution in [2.24, 2.45) is 0 Å². The lowest BCUT2D eigenvalue weighted by molar-refractivity contribution is -0.117.